The summed E-state index contributed by atoms with van der Waals surface area (Å²) in [5.41, 5.74) is 5.35. The van der Waals surface area contributed by atoms with Crippen molar-refractivity contribution in [2.75, 3.05) is 19.5 Å². The summed E-state index contributed by atoms with van der Waals surface area (Å²) in [5, 5.41) is 9.00. The number of hydrogen-bond acceptors (Lipinski definition) is 5. The van der Waals surface area contributed by atoms with Crippen molar-refractivity contribution >= 4 is 21.7 Å². The molecule has 7 nitrogen and oxygen atoms in total. The Bertz CT molecular complexity index is 570. The van der Waals surface area contributed by atoms with Crippen LogP contribution < -0.4 is 10.5 Å². The van der Waals surface area contributed by atoms with Crippen LogP contribution >= 0.6 is 0 Å². The highest BCUT2D eigenvalue weighted by molar-refractivity contribution is 7.89. The number of carboxylic acids is 1. The maximum absolute atomic E-state index is 12.1. The summed E-state index contributed by atoms with van der Waals surface area (Å²) in [6, 6.07) is 3.12. The van der Waals surface area contributed by atoms with Crippen LogP contribution in [0.1, 0.15) is 17.3 Å². The Kier molecular flexibility index (Phi) is 4.87. The zero-order chi connectivity index (χ0) is 14.6. The summed E-state index contributed by atoms with van der Waals surface area (Å²) < 4.78 is 31.4. The normalized spacial score (nSPS) is 13.2. The van der Waals surface area contributed by atoms with Gasteiger partial charge in [-0.2, -0.15) is 0 Å². The maximum atomic E-state index is 12.1. The van der Waals surface area contributed by atoms with E-state index in [1.54, 1.807) is 6.92 Å². The van der Waals surface area contributed by atoms with Crippen LogP contribution in [0, 0.1) is 0 Å². The zero-order valence-electron chi connectivity index (χ0n) is 10.6. The van der Waals surface area contributed by atoms with Crippen LogP contribution in [0.15, 0.2) is 23.1 Å². The topological polar surface area (TPSA) is 119 Å². The summed E-state index contributed by atoms with van der Waals surface area (Å²) in [6.07, 6.45) is 0. The van der Waals surface area contributed by atoms with E-state index in [4.69, 9.17) is 15.6 Å². The van der Waals surface area contributed by atoms with Gasteiger partial charge in [0.05, 0.1) is 17.1 Å². The molecule has 8 heteroatoms. The van der Waals surface area contributed by atoms with Gasteiger partial charge in [-0.05, 0) is 25.1 Å². The summed E-state index contributed by atoms with van der Waals surface area (Å²) in [4.78, 5) is 10.7. The molecule has 0 radical (unpaired) electrons. The van der Waals surface area contributed by atoms with Gasteiger partial charge in [0, 0.05) is 18.8 Å². The Balaban J connectivity index is 3.20. The highest BCUT2D eigenvalue weighted by Crippen LogP contribution is 2.19. The number of nitrogens with two attached hydrogens (primary N) is 1. The van der Waals surface area contributed by atoms with Gasteiger partial charge >= 0.3 is 5.97 Å². The van der Waals surface area contributed by atoms with Crippen LogP contribution in [0.2, 0.25) is 0 Å². The lowest BCUT2D eigenvalue weighted by molar-refractivity contribution is 0.0692. The van der Waals surface area contributed by atoms with Gasteiger partial charge < -0.3 is 15.6 Å². The van der Waals surface area contributed by atoms with Crippen LogP contribution in [0.4, 0.5) is 5.69 Å². The fraction of sp³-hybridized carbons (Fsp3) is 0.364. The largest absolute Gasteiger partial charge is 0.478 e. The molecule has 0 heterocycles. The minimum absolute atomic E-state index is 0.171. The van der Waals surface area contributed by atoms with E-state index in [2.05, 4.69) is 4.72 Å². The number of aromatic carboxylic acids is 1. The lowest BCUT2D eigenvalue weighted by Gasteiger charge is -2.14. The third kappa shape index (κ3) is 3.91. The lowest BCUT2D eigenvalue weighted by atomic mass is 10.2. The number of nitrogen functional groups attached to an aromatic ring is 1. The third-order valence-corrected chi connectivity index (χ3v) is 3.93. The summed E-state index contributed by atoms with van der Waals surface area (Å²) in [5.74, 6) is -1.33. The molecule has 0 aliphatic carbocycles. The molecule has 19 heavy (non-hydrogen) atoms. The highest BCUT2D eigenvalue weighted by atomic mass is 32.2. The molecular weight excluding hydrogens is 272 g/mol. The van der Waals surface area contributed by atoms with E-state index in [-0.39, 0.29) is 22.8 Å². The first-order valence-electron chi connectivity index (χ1n) is 5.42. The predicted octanol–water partition coefficient (Wildman–Crippen LogP) is 0.280. The summed E-state index contributed by atoms with van der Waals surface area (Å²) in [7, 11) is -2.53. The molecule has 1 aromatic carbocycles. The Morgan fingerprint density at radius 1 is 1.53 bits per heavy atom. The van der Waals surface area contributed by atoms with Crippen molar-refractivity contribution in [1.29, 1.82) is 0 Å². The SMILES string of the molecule is COCC(C)NS(=O)(=O)c1cc(N)ccc1C(=O)O. The second-order valence-electron chi connectivity index (χ2n) is 4.04. The number of nitrogens with one attached hydrogen (secondary N) is 1. The smallest absolute Gasteiger partial charge is 0.337 e. The molecule has 0 fully saturated rings. The molecule has 0 bridgehead atoms. The van der Waals surface area contributed by atoms with E-state index in [1.807, 2.05) is 0 Å². The van der Waals surface area contributed by atoms with Crippen molar-refractivity contribution in [2.24, 2.45) is 0 Å². The average molecular weight is 288 g/mol. The van der Waals surface area contributed by atoms with E-state index < -0.39 is 22.0 Å². The number of hydrogen-bond donors (Lipinski definition) is 3. The van der Waals surface area contributed by atoms with Crippen molar-refractivity contribution in [1.82, 2.24) is 4.72 Å². The van der Waals surface area contributed by atoms with Crippen molar-refractivity contribution in [3.63, 3.8) is 0 Å². The number of benzene rings is 1. The molecule has 0 amide bonds. The van der Waals surface area contributed by atoms with Gasteiger partial charge in [-0.15, -0.1) is 0 Å². The Labute approximate surface area is 111 Å². The van der Waals surface area contributed by atoms with Crippen molar-refractivity contribution < 1.29 is 23.1 Å². The molecule has 0 aromatic heterocycles. The maximum Gasteiger partial charge on any atom is 0.337 e. The number of carboxylic acid groups (broad SMARTS) is 1. The average Bonchev–Trinajstić information content (AvgIpc) is 2.27. The molecule has 0 saturated heterocycles. The monoisotopic (exact) mass is 288 g/mol. The molecule has 0 saturated carbocycles. The molecule has 0 aliphatic rings. The number of rotatable bonds is 6. The minimum Gasteiger partial charge on any atom is -0.478 e. The highest BCUT2D eigenvalue weighted by Gasteiger charge is 2.24. The molecule has 1 aromatic rings. The van der Waals surface area contributed by atoms with Crippen LogP contribution in [-0.2, 0) is 14.8 Å². The van der Waals surface area contributed by atoms with Gasteiger partial charge in [-0.3, -0.25) is 0 Å². The van der Waals surface area contributed by atoms with Gasteiger partial charge in [0.1, 0.15) is 0 Å². The molecule has 1 atom stereocenters. The van der Waals surface area contributed by atoms with Crippen LogP contribution in [0.3, 0.4) is 0 Å². The standard InChI is InChI=1S/C11H16N2O5S/c1-7(6-18-2)13-19(16,17)10-5-8(12)3-4-9(10)11(14)15/h3-5,7,13H,6,12H2,1-2H3,(H,14,15). The first-order chi connectivity index (χ1) is 8.77. The van der Waals surface area contributed by atoms with Gasteiger partial charge in [0.2, 0.25) is 10.0 Å². The van der Waals surface area contributed by atoms with Gasteiger partial charge in [-0.1, -0.05) is 0 Å². The number of anilines is 1. The second-order valence-corrected chi connectivity index (χ2v) is 5.72. The number of methoxy groups -OCH3 is 1. The fourth-order valence-electron chi connectivity index (χ4n) is 1.55. The van der Waals surface area contributed by atoms with Gasteiger partial charge in [0.15, 0.2) is 0 Å². The molecule has 0 spiro atoms. The number of ether oxygens (including phenoxy) is 1. The van der Waals surface area contributed by atoms with Crippen LogP contribution in [0.5, 0.6) is 0 Å². The first kappa shape index (κ1) is 15.4. The Morgan fingerprint density at radius 2 is 2.16 bits per heavy atom. The molecule has 0 aliphatic heterocycles. The van der Waals surface area contributed by atoms with Crippen molar-refractivity contribution in [2.45, 2.75) is 17.9 Å². The molecule has 1 rings (SSSR count). The molecule has 106 valence electrons. The zero-order valence-corrected chi connectivity index (χ0v) is 11.4. The summed E-state index contributed by atoms with van der Waals surface area (Å²) >= 11 is 0. The van der Waals surface area contributed by atoms with Crippen LogP contribution in [-0.4, -0.2) is 39.3 Å². The van der Waals surface area contributed by atoms with E-state index in [0.717, 1.165) is 12.1 Å². The Hall–Kier alpha value is -1.64. The minimum atomic E-state index is -3.97. The van der Waals surface area contributed by atoms with E-state index in [0.29, 0.717) is 0 Å². The quantitative estimate of drug-likeness (QED) is 0.647. The van der Waals surface area contributed by atoms with Crippen molar-refractivity contribution in [3.8, 4) is 0 Å². The third-order valence-electron chi connectivity index (χ3n) is 2.30. The first-order valence-corrected chi connectivity index (χ1v) is 6.90. The van der Waals surface area contributed by atoms with Gasteiger partial charge in [-0.25, -0.2) is 17.9 Å². The summed E-state index contributed by atoms with van der Waals surface area (Å²) in [6.45, 7) is 1.78. The molecule has 1 unspecified atom stereocenters. The van der Waals surface area contributed by atoms with E-state index >= 15 is 0 Å². The van der Waals surface area contributed by atoms with Crippen LogP contribution in [0.25, 0.3) is 0 Å². The number of carbonyl (C=O) groups is 1. The fourth-order valence-corrected chi connectivity index (χ4v) is 3.01. The number of sulfonamides is 1. The lowest BCUT2D eigenvalue weighted by Crippen LogP contribution is -2.36. The van der Waals surface area contributed by atoms with Gasteiger partial charge in [0.25, 0.3) is 0 Å². The van der Waals surface area contributed by atoms with E-state index in [1.165, 1.54) is 13.2 Å². The second kappa shape index (κ2) is 6.00. The molecular formula is C11H16N2O5S. The van der Waals surface area contributed by atoms with Crippen molar-refractivity contribution in [3.05, 3.63) is 23.8 Å². The molecule has 4 N–H and O–H groups in total. The van der Waals surface area contributed by atoms with E-state index in [9.17, 15) is 13.2 Å². The Morgan fingerprint density at radius 3 is 2.68 bits per heavy atom. The predicted molar refractivity (Wildman–Crippen MR) is 69.5 cm³/mol.